The second kappa shape index (κ2) is 10.1. The monoisotopic (exact) mass is 428 g/mol. The third-order valence-corrected chi connectivity index (χ3v) is 7.90. The molecule has 2 aliphatic rings. The van der Waals surface area contributed by atoms with Crippen molar-refractivity contribution in [3.8, 4) is 0 Å². The van der Waals surface area contributed by atoms with Gasteiger partial charge in [-0.05, 0) is 69.2 Å². The van der Waals surface area contributed by atoms with Crippen LogP contribution in [0.2, 0.25) is 0 Å². The first-order valence-electron chi connectivity index (χ1n) is 11.8. The van der Waals surface area contributed by atoms with Crippen molar-refractivity contribution in [2.75, 3.05) is 37.6 Å². The molecular weight excluding hydrogens is 392 g/mol. The summed E-state index contributed by atoms with van der Waals surface area (Å²) >= 11 is 1.71. The van der Waals surface area contributed by atoms with Crippen molar-refractivity contribution in [3.05, 3.63) is 23.8 Å². The number of amides is 1. The summed E-state index contributed by atoms with van der Waals surface area (Å²) in [5.41, 5.74) is 1.75. The maximum Gasteiger partial charge on any atom is 0.251 e. The van der Waals surface area contributed by atoms with E-state index in [-0.39, 0.29) is 5.91 Å². The average molecular weight is 429 g/mol. The SMILES string of the molecule is CC[C@H]1CCCCN1CCCNC(=O)c1ccc2nc(N3CCC(C)CC3)sc2c1. The number of hydrogen-bond donors (Lipinski definition) is 1. The third-order valence-electron chi connectivity index (χ3n) is 6.82. The molecule has 2 saturated heterocycles. The van der Waals surface area contributed by atoms with Gasteiger partial charge in [0.05, 0.1) is 10.2 Å². The van der Waals surface area contributed by atoms with Crippen molar-refractivity contribution in [2.24, 2.45) is 5.92 Å². The predicted octanol–water partition coefficient (Wildman–Crippen LogP) is 4.92. The number of nitrogens with one attached hydrogen (secondary N) is 1. The van der Waals surface area contributed by atoms with Crippen LogP contribution >= 0.6 is 11.3 Å². The van der Waals surface area contributed by atoms with Crippen LogP contribution in [-0.2, 0) is 0 Å². The molecule has 1 aromatic carbocycles. The molecule has 0 spiro atoms. The van der Waals surface area contributed by atoms with Gasteiger partial charge in [0, 0.05) is 37.8 Å². The Morgan fingerprint density at radius 2 is 2.03 bits per heavy atom. The summed E-state index contributed by atoms with van der Waals surface area (Å²) in [6, 6.07) is 6.66. The summed E-state index contributed by atoms with van der Waals surface area (Å²) in [6.07, 6.45) is 8.74. The normalized spacial score (nSPS) is 21.3. The van der Waals surface area contributed by atoms with Crippen LogP contribution in [0.4, 0.5) is 5.13 Å². The zero-order chi connectivity index (χ0) is 20.9. The van der Waals surface area contributed by atoms with Crippen LogP contribution < -0.4 is 10.2 Å². The summed E-state index contributed by atoms with van der Waals surface area (Å²) in [5, 5.41) is 4.22. The second-order valence-electron chi connectivity index (χ2n) is 9.05. The van der Waals surface area contributed by atoms with E-state index in [2.05, 4.69) is 29.0 Å². The van der Waals surface area contributed by atoms with E-state index >= 15 is 0 Å². The first-order valence-corrected chi connectivity index (χ1v) is 12.6. The highest BCUT2D eigenvalue weighted by Gasteiger charge is 2.21. The molecule has 1 N–H and O–H groups in total. The van der Waals surface area contributed by atoms with Gasteiger partial charge in [-0.3, -0.25) is 4.79 Å². The number of hydrogen-bond acceptors (Lipinski definition) is 5. The largest absolute Gasteiger partial charge is 0.352 e. The first kappa shape index (κ1) is 21.6. The fourth-order valence-electron chi connectivity index (χ4n) is 4.79. The molecule has 30 heavy (non-hydrogen) atoms. The molecule has 1 aromatic heterocycles. The highest BCUT2D eigenvalue weighted by molar-refractivity contribution is 7.22. The maximum absolute atomic E-state index is 12.7. The van der Waals surface area contributed by atoms with E-state index in [1.165, 1.54) is 45.1 Å². The Hall–Kier alpha value is -1.66. The number of carbonyl (C=O) groups is 1. The lowest BCUT2D eigenvalue weighted by molar-refractivity contribution is 0.0947. The first-order chi connectivity index (χ1) is 14.6. The molecule has 0 aliphatic carbocycles. The molecule has 5 nitrogen and oxygen atoms in total. The number of rotatable bonds is 7. The number of anilines is 1. The second-order valence-corrected chi connectivity index (χ2v) is 10.1. The topological polar surface area (TPSA) is 48.5 Å². The minimum Gasteiger partial charge on any atom is -0.352 e. The molecule has 164 valence electrons. The Morgan fingerprint density at radius 1 is 1.20 bits per heavy atom. The van der Waals surface area contributed by atoms with Gasteiger partial charge in [0.25, 0.3) is 5.91 Å². The smallest absolute Gasteiger partial charge is 0.251 e. The van der Waals surface area contributed by atoms with Crippen LogP contribution in [0, 0.1) is 5.92 Å². The van der Waals surface area contributed by atoms with Crippen LogP contribution in [0.15, 0.2) is 18.2 Å². The van der Waals surface area contributed by atoms with Gasteiger partial charge in [-0.15, -0.1) is 0 Å². The molecule has 1 atom stereocenters. The third kappa shape index (κ3) is 5.14. The number of carbonyl (C=O) groups excluding carboxylic acids is 1. The van der Waals surface area contributed by atoms with Crippen molar-refractivity contribution >= 4 is 32.6 Å². The Labute approximate surface area is 184 Å². The van der Waals surface area contributed by atoms with Gasteiger partial charge in [-0.25, -0.2) is 4.98 Å². The Kier molecular flexibility index (Phi) is 7.26. The van der Waals surface area contributed by atoms with Crippen LogP contribution in [0.5, 0.6) is 0 Å². The van der Waals surface area contributed by atoms with Gasteiger partial charge < -0.3 is 15.1 Å². The summed E-state index contributed by atoms with van der Waals surface area (Å²) in [7, 11) is 0. The lowest BCUT2D eigenvalue weighted by Crippen LogP contribution is -2.40. The zero-order valence-electron chi connectivity index (χ0n) is 18.5. The summed E-state index contributed by atoms with van der Waals surface area (Å²) in [4.78, 5) is 22.5. The Balaban J connectivity index is 1.30. The fourth-order valence-corrected chi connectivity index (χ4v) is 5.85. The number of piperidine rings is 2. The van der Waals surface area contributed by atoms with Gasteiger partial charge in [0.1, 0.15) is 0 Å². The van der Waals surface area contributed by atoms with Gasteiger partial charge in [0.2, 0.25) is 0 Å². The van der Waals surface area contributed by atoms with E-state index in [9.17, 15) is 4.79 Å². The van der Waals surface area contributed by atoms with Gasteiger partial charge in [-0.1, -0.05) is 31.6 Å². The number of fused-ring (bicyclic) bond motifs is 1. The van der Waals surface area contributed by atoms with Crippen molar-refractivity contribution in [2.45, 2.75) is 64.8 Å². The van der Waals surface area contributed by atoms with Gasteiger partial charge in [0.15, 0.2) is 5.13 Å². The van der Waals surface area contributed by atoms with Crippen LogP contribution in [0.1, 0.15) is 69.2 Å². The predicted molar refractivity (Wildman–Crippen MR) is 127 cm³/mol. The molecular formula is C24H36N4OS. The van der Waals surface area contributed by atoms with Crippen molar-refractivity contribution < 1.29 is 4.79 Å². The Bertz CT molecular complexity index is 843. The molecule has 2 aliphatic heterocycles. The van der Waals surface area contributed by atoms with Crippen LogP contribution in [0.25, 0.3) is 10.2 Å². The van der Waals surface area contributed by atoms with E-state index in [4.69, 9.17) is 4.98 Å². The molecule has 0 bridgehead atoms. The minimum atomic E-state index is 0.0318. The van der Waals surface area contributed by atoms with E-state index < -0.39 is 0 Å². The van der Waals surface area contributed by atoms with Crippen molar-refractivity contribution in [1.82, 2.24) is 15.2 Å². The van der Waals surface area contributed by atoms with Crippen molar-refractivity contribution in [1.29, 1.82) is 0 Å². The molecule has 3 heterocycles. The van der Waals surface area contributed by atoms with Crippen molar-refractivity contribution in [3.63, 3.8) is 0 Å². The zero-order valence-corrected chi connectivity index (χ0v) is 19.3. The van der Waals surface area contributed by atoms with Crippen LogP contribution in [-0.4, -0.2) is 54.6 Å². The quantitative estimate of drug-likeness (QED) is 0.636. The highest BCUT2D eigenvalue weighted by Crippen LogP contribution is 2.32. The van der Waals surface area contributed by atoms with Crippen LogP contribution in [0.3, 0.4) is 0 Å². The van der Waals surface area contributed by atoms with E-state index in [1.807, 2.05) is 18.2 Å². The van der Waals surface area contributed by atoms with E-state index in [0.29, 0.717) is 0 Å². The minimum absolute atomic E-state index is 0.0318. The Morgan fingerprint density at radius 3 is 2.83 bits per heavy atom. The lowest BCUT2D eigenvalue weighted by atomic mass is 10.00. The van der Waals surface area contributed by atoms with Gasteiger partial charge in [-0.2, -0.15) is 0 Å². The summed E-state index contributed by atoms with van der Waals surface area (Å²) in [5.74, 6) is 0.845. The standard InChI is InChI=1S/C24H36N4OS/c1-3-20-7-4-5-13-27(20)14-6-12-25-23(29)19-8-9-21-22(17-19)30-24(26-21)28-15-10-18(2)11-16-28/h8-9,17-18,20H,3-7,10-16H2,1-2H3,(H,25,29)/t20-/m0/s1. The molecule has 4 rings (SSSR count). The lowest BCUT2D eigenvalue weighted by Gasteiger charge is -2.35. The maximum atomic E-state index is 12.7. The van der Waals surface area contributed by atoms with E-state index in [1.54, 1.807) is 11.3 Å². The number of nitrogens with zero attached hydrogens (tertiary/aromatic N) is 3. The number of aromatic nitrogens is 1. The number of benzene rings is 1. The summed E-state index contributed by atoms with van der Waals surface area (Å²) in [6.45, 7) is 9.84. The van der Waals surface area contributed by atoms with Gasteiger partial charge >= 0.3 is 0 Å². The highest BCUT2D eigenvalue weighted by atomic mass is 32.1. The molecule has 0 radical (unpaired) electrons. The number of likely N-dealkylation sites (tertiary alicyclic amines) is 1. The molecule has 0 saturated carbocycles. The summed E-state index contributed by atoms with van der Waals surface area (Å²) < 4.78 is 1.11. The fraction of sp³-hybridized carbons (Fsp3) is 0.667. The number of thiazole rings is 1. The molecule has 6 heteroatoms. The molecule has 2 fully saturated rings. The van der Waals surface area contributed by atoms with E-state index in [0.717, 1.165) is 65.5 Å². The molecule has 2 aromatic rings. The average Bonchev–Trinajstić information content (AvgIpc) is 3.20. The molecule has 1 amide bonds. The molecule has 0 unspecified atom stereocenters.